The van der Waals surface area contributed by atoms with Crippen LogP contribution in [0.4, 0.5) is 10.1 Å². The van der Waals surface area contributed by atoms with Gasteiger partial charge >= 0.3 is 0 Å². The molecule has 0 aromatic heterocycles. The topological polar surface area (TPSA) is 55.2 Å². The average Bonchev–Trinajstić information content (AvgIpc) is 3.52. The summed E-state index contributed by atoms with van der Waals surface area (Å²) in [7, 11) is 0. The molecule has 2 heterocycles. The number of carbonyl (C=O) groups excluding carboxylic acids is 1. The van der Waals surface area contributed by atoms with Gasteiger partial charge in [-0.2, -0.15) is 0 Å². The van der Waals surface area contributed by atoms with Crippen LogP contribution in [0.2, 0.25) is 0 Å². The Kier molecular flexibility index (Phi) is 5.21. The maximum absolute atomic E-state index is 13.2. The summed E-state index contributed by atoms with van der Waals surface area (Å²) in [5.74, 6) is 1.71. The van der Waals surface area contributed by atoms with Crippen molar-refractivity contribution in [1.29, 1.82) is 0 Å². The number of halogens is 1. The molecule has 2 aromatic rings. The van der Waals surface area contributed by atoms with Crippen molar-refractivity contribution in [1.82, 2.24) is 5.32 Å². The lowest BCUT2D eigenvalue weighted by Gasteiger charge is -2.38. The van der Waals surface area contributed by atoms with Crippen LogP contribution in [0.1, 0.15) is 24.4 Å². The number of ether oxygens (including phenoxy) is 2. The SMILES string of the molecule is O=C(NC[C@H](c1ccc2c(c1)OCO2)[NH+]1CCN(c2ccc(F)cc2)CC1)C1CC1. The zero-order valence-electron chi connectivity index (χ0n) is 16.9. The Bertz CT molecular complexity index is 908. The van der Waals surface area contributed by atoms with Gasteiger partial charge in [0.25, 0.3) is 0 Å². The summed E-state index contributed by atoms with van der Waals surface area (Å²) in [5, 5.41) is 3.17. The van der Waals surface area contributed by atoms with Crippen LogP contribution < -0.4 is 24.6 Å². The number of benzene rings is 2. The molecular formula is C23H27FN3O3+. The normalized spacial score (nSPS) is 19.6. The first-order valence-corrected chi connectivity index (χ1v) is 10.7. The molecule has 2 N–H and O–H groups in total. The molecule has 1 saturated carbocycles. The van der Waals surface area contributed by atoms with Gasteiger partial charge in [-0.15, -0.1) is 0 Å². The lowest BCUT2D eigenvalue weighted by molar-refractivity contribution is -0.931. The predicted octanol–water partition coefficient (Wildman–Crippen LogP) is 1.53. The molecule has 5 rings (SSSR count). The van der Waals surface area contributed by atoms with E-state index in [2.05, 4.69) is 22.3 Å². The molecule has 1 atom stereocenters. The lowest BCUT2D eigenvalue weighted by Crippen LogP contribution is -3.15. The largest absolute Gasteiger partial charge is 0.454 e. The number of anilines is 1. The highest BCUT2D eigenvalue weighted by Crippen LogP contribution is 2.34. The highest BCUT2D eigenvalue weighted by atomic mass is 19.1. The fourth-order valence-electron chi connectivity index (χ4n) is 4.37. The number of fused-ring (bicyclic) bond motifs is 1. The van der Waals surface area contributed by atoms with Crippen LogP contribution in [-0.2, 0) is 4.79 Å². The van der Waals surface area contributed by atoms with E-state index < -0.39 is 0 Å². The summed E-state index contributed by atoms with van der Waals surface area (Å²) < 4.78 is 24.3. The number of amides is 1. The smallest absolute Gasteiger partial charge is 0.231 e. The van der Waals surface area contributed by atoms with Gasteiger partial charge in [0.2, 0.25) is 12.7 Å². The summed E-state index contributed by atoms with van der Waals surface area (Å²) >= 11 is 0. The average molecular weight is 412 g/mol. The molecule has 0 unspecified atom stereocenters. The van der Waals surface area contributed by atoms with E-state index in [-0.39, 0.29) is 30.5 Å². The summed E-state index contributed by atoms with van der Waals surface area (Å²) in [6, 6.07) is 12.9. The maximum atomic E-state index is 13.2. The number of hydrogen-bond donors (Lipinski definition) is 2. The van der Waals surface area contributed by atoms with Crippen LogP contribution in [0.25, 0.3) is 0 Å². The fourth-order valence-corrected chi connectivity index (χ4v) is 4.37. The minimum absolute atomic E-state index is 0.151. The Hall–Kier alpha value is -2.80. The van der Waals surface area contributed by atoms with Gasteiger partial charge in [-0.3, -0.25) is 4.79 Å². The number of rotatable bonds is 6. The zero-order chi connectivity index (χ0) is 20.5. The van der Waals surface area contributed by atoms with Crippen LogP contribution in [0.15, 0.2) is 42.5 Å². The molecule has 0 bridgehead atoms. The van der Waals surface area contributed by atoms with Gasteiger partial charge in [0.15, 0.2) is 11.5 Å². The molecule has 158 valence electrons. The number of carbonyl (C=O) groups is 1. The molecule has 1 saturated heterocycles. The maximum Gasteiger partial charge on any atom is 0.231 e. The third kappa shape index (κ3) is 4.07. The fraction of sp³-hybridized carbons (Fsp3) is 0.435. The predicted molar refractivity (Wildman–Crippen MR) is 110 cm³/mol. The van der Waals surface area contributed by atoms with Gasteiger partial charge in [-0.1, -0.05) is 0 Å². The zero-order valence-corrected chi connectivity index (χ0v) is 16.9. The summed E-state index contributed by atoms with van der Waals surface area (Å²) in [5.41, 5.74) is 2.21. The molecule has 0 spiro atoms. The van der Waals surface area contributed by atoms with Gasteiger partial charge in [-0.25, -0.2) is 4.39 Å². The van der Waals surface area contributed by atoms with E-state index in [1.54, 1.807) is 0 Å². The van der Waals surface area contributed by atoms with E-state index in [0.29, 0.717) is 6.54 Å². The number of nitrogens with one attached hydrogen (secondary N) is 2. The number of nitrogens with zero attached hydrogens (tertiary/aromatic N) is 1. The minimum atomic E-state index is -0.211. The van der Waals surface area contributed by atoms with Crippen molar-refractivity contribution < 1.29 is 23.6 Å². The molecule has 7 heteroatoms. The highest BCUT2D eigenvalue weighted by molar-refractivity contribution is 5.80. The summed E-state index contributed by atoms with van der Waals surface area (Å²) in [6.07, 6.45) is 2.01. The van der Waals surface area contributed by atoms with Crippen molar-refractivity contribution >= 4 is 11.6 Å². The molecular weight excluding hydrogens is 385 g/mol. The van der Waals surface area contributed by atoms with E-state index >= 15 is 0 Å². The summed E-state index contributed by atoms with van der Waals surface area (Å²) in [4.78, 5) is 16.0. The van der Waals surface area contributed by atoms with Crippen LogP contribution in [-0.4, -0.2) is 45.4 Å². The Balaban J connectivity index is 1.30. The first kappa shape index (κ1) is 19.2. The van der Waals surface area contributed by atoms with Crippen molar-refractivity contribution in [3.8, 4) is 11.5 Å². The van der Waals surface area contributed by atoms with E-state index in [0.717, 1.165) is 61.8 Å². The second-order valence-electron chi connectivity index (χ2n) is 8.31. The Labute approximate surface area is 175 Å². The monoisotopic (exact) mass is 412 g/mol. The minimum Gasteiger partial charge on any atom is -0.454 e. The van der Waals surface area contributed by atoms with Crippen molar-refractivity contribution in [2.45, 2.75) is 18.9 Å². The highest BCUT2D eigenvalue weighted by Gasteiger charge is 2.33. The number of hydrogen-bond acceptors (Lipinski definition) is 4. The van der Waals surface area contributed by atoms with E-state index in [4.69, 9.17) is 9.47 Å². The third-order valence-electron chi connectivity index (χ3n) is 6.32. The van der Waals surface area contributed by atoms with Gasteiger partial charge in [0.1, 0.15) is 11.9 Å². The third-order valence-corrected chi connectivity index (χ3v) is 6.32. The molecule has 1 amide bonds. The van der Waals surface area contributed by atoms with E-state index in [9.17, 15) is 9.18 Å². The second kappa shape index (κ2) is 8.14. The van der Waals surface area contributed by atoms with Crippen molar-refractivity contribution in [2.75, 3.05) is 44.4 Å². The van der Waals surface area contributed by atoms with Crippen LogP contribution in [0, 0.1) is 11.7 Å². The quantitative estimate of drug-likeness (QED) is 0.756. The Morgan fingerprint density at radius 3 is 2.57 bits per heavy atom. The molecule has 3 aliphatic rings. The molecule has 0 radical (unpaired) electrons. The second-order valence-corrected chi connectivity index (χ2v) is 8.31. The molecule has 30 heavy (non-hydrogen) atoms. The molecule has 2 aliphatic heterocycles. The molecule has 6 nitrogen and oxygen atoms in total. The Morgan fingerprint density at radius 1 is 1.10 bits per heavy atom. The molecule has 2 aromatic carbocycles. The summed E-state index contributed by atoms with van der Waals surface area (Å²) in [6.45, 7) is 4.52. The van der Waals surface area contributed by atoms with Gasteiger partial charge in [0, 0.05) is 17.2 Å². The van der Waals surface area contributed by atoms with Crippen molar-refractivity contribution in [3.63, 3.8) is 0 Å². The first-order chi connectivity index (χ1) is 14.7. The lowest BCUT2D eigenvalue weighted by atomic mass is 10.0. The molecule has 1 aliphatic carbocycles. The standard InChI is InChI=1S/C23H26FN3O3/c24-18-4-6-19(7-5-18)26-9-11-27(12-10-26)20(14-25-23(28)16-1-2-16)17-3-8-21-22(13-17)30-15-29-21/h3-8,13,16,20H,1-2,9-12,14-15H2,(H,25,28)/p+1/t20-/m1/s1. The van der Waals surface area contributed by atoms with Crippen molar-refractivity contribution in [2.24, 2.45) is 5.92 Å². The van der Waals surface area contributed by atoms with Crippen LogP contribution >= 0.6 is 0 Å². The van der Waals surface area contributed by atoms with Gasteiger partial charge < -0.3 is 24.6 Å². The Morgan fingerprint density at radius 2 is 1.83 bits per heavy atom. The number of quaternary nitrogens is 1. The van der Waals surface area contributed by atoms with Crippen LogP contribution in [0.3, 0.4) is 0 Å². The van der Waals surface area contributed by atoms with Crippen LogP contribution in [0.5, 0.6) is 11.5 Å². The first-order valence-electron chi connectivity index (χ1n) is 10.7. The molecule has 2 fully saturated rings. The van der Waals surface area contributed by atoms with Gasteiger partial charge in [-0.05, 0) is 55.3 Å². The number of piperazine rings is 1. The van der Waals surface area contributed by atoms with Gasteiger partial charge in [0.05, 0.1) is 32.7 Å². The van der Waals surface area contributed by atoms with E-state index in [1.165, 1.54) is 17.0 Å². The van der Waals surface area contributed by atoms with Crippen molar-refractivity contribution in [3.05, 3.63) is 53.8 Å². The van der Waals surface area contributed by atoms with E-state index in [1.807, 2.05) is 18.2 Å².